The van der Waals surface area contributed by atoms with Crippen LogP contribution in [0.5, 0.6) is 0 Å². The first-order chi connectivity index (χ1) is 13.5. The molecule has 28 heavy (non-hydrogen) atoms. The van der Waals surface area contributed by atoms with Gasteiger partial charge in [0.05, 0.1) is 20.3 Å². The molecule has 1 aromatic carbocycles. The van der Waals surface area contributed by atoms with Crippen LogP contribution in [0.15, 0.2) is 52.7 Å². The third-order valence-electron chi connectivity index (χ3n) is 4.34. The summed E-state index contributed by atoms with van der Waals surface area (Å²) in [6.45, 7) is 0. The van der Waals surface area contributed by atoms with E-state index in [4.69, 9.17) is 27.6 Å². The number of thiazole rings is 1. The Morgan fingerprint density at radius 3 is 2.36 bits per heavy atom. The third kappa shape index (κ3) is 2.69. The molecule has 5 rings (SSSR count). The maximum atomic E-state index is 12.6. The highest BCUT2D eigenvalue weighted by Crippen LogP contribution is 2.36. The van der Waals surface area contributed by atoms with Crippen molar-refractivity contribution in [1.29, 1.82) is 0 Å². The molecule has 0 radical (unpaired) electrons. The van der Waals surface area contributed by atoms with Crippen molar-refractivity contribution < 1.29 is 14.0 Å². The zero-order valence-corrected chi connectivity index (χ0v) is 16.2. The Morgan fingerprint density at radius 1 is 1.04 bits per heavy atom. The summed E-state index contributed by atoms with van der Waals surface area (Å²) < 4.78 is 6.53. The quantitative estimate of drug-likeness (QED) is 0.302. The van der Waals surface area contributed by atoms with E-state index in [0.717, 1.165) is 15.3 Å². The predicted octanol–water partition coefficient (Wildman–Crippen LogP) is 5.72. The van der Waals surface area contributed by atoms with E-state index in [1.165, 1.54) is 29.5 Å². The van der Waals surface area contributed by atoms with E-state index in [1.54, 1.807) is 18.5 Å². The molecular weight excluding hydrogens is 419 g/mol. The molecule has 0 N–H and O–H groups in total. The van der Waals surface area contributed by atoms with Crippen LogP contribution in [0, 0.1) is 0 Å². The van der Waals surface area contributed by atoms with Crippen molar-refractivity contribution >= 4 is 62.6 Å². The molecule has 0 fully saturated rings. The van der Waals surface area contributed by atoms with Crippen LogP contribution in [0.25, 0.3) is 27.1 Å². The maximum Gasteiger partial charge on any atom is 0.238 e. The van der Waals surface area contributed by atoms with Crippen molar-refractivity contribution in [3.05, 3.63) is 75.2 Å². The van der Waals surface area contributed by atoms with Crippen molar-refractivity contribution in [2.45, 2.75) is 0 Å². The number of fused-ring (bicyclic) bond motifs is 2. The third-order valence-corrected chi connectivity index (χ3v) is 6.10. The Hall–Kier alpha value is -2.80. The molecular formula is C20H8Cl2N2O3S. The number of carbonyl (C=O) groups is 2. The van der Waals surface area contributed by atoms with Gasteiger partial charge in [-0.3, -0.25) is 14.6 Å². The van der Waals surface area contributed by atoms with Gasteiger partial charge >= 0.3 is 0 Å². The van der Waals surface area contributed by atoms with Crippen LogP contribution < -0.4 is 0 Å². The molecule has 0 aliphatic heterocycles. The van der Waals surface area contributed by atoms with E-state index in [1.807, 2.05) is 12.1 Å². The van der Waals surface area contributed by atoms with Gasteiger partial charge in [0.2, 0.25) is 5.71 Å². The molecule has 5 nitrogen and oxygen atoms in total. The maximum absolute atomic E-state index is 12.6. The fourth-order valence-electron chi connectivity index (χ4n) is 3.03. The smallest absolute Gasteiger partial charge is 0.238 e. The normalized spacial score (nSPS) is 13.4. The van der Waals surface area contributed by atoms with Crippen molar-refractivity contribution in [3.8, 4) is 10.6 Å². The van der Waals surface area contributed by atoms with Crippen LogP contribution in [0.2, 0.25) is 10.0 Å². The standard InChI is InChI=1S/C20H8Cl2N2O3S/c21-14-6-11-12(7-15(14)22)18(26)13(17(11)25)4-10-5-16-19(27-10)24-20(28-16)9-2-1-3-23-8-9/h1-8H. The lowest BCUT2D eigenvalue weighted by Crippen LogP contribution is -1.99. The molecule has 0 spiro atoms. The van der Waals surface area contributed by atoms with Gasteiger partial charge in [0.15, 0.2) is 11.6 Å². The Kier molecular flexibility index (Phi) is 3.94. The van der Waals surface area contributed by atoms with Gasteiger partial charge in [-0.25, -0.2) is 4.98 Å². The van der Waals surface area contributed by atoms with E-state index < -0.39 is 11.6 Å². The number of Topliss-reactive ketones (excluding diaryl/α,β-unsaturated/α-hetero) is 2. The van der Waals surface area contributed by atoms with Gasteiger partial charge in [-0.15, -0.1) is 11.3 Å². The number of hydrogen-bond donors (Lipinski definition) is 0. The Bertz CT molecular complexity index is 1250. The summed E-state index contributed by atoms with van der Waals surface area (Å²) >= 11 is 13.4. The number of allylic oxidation sites excluding steroid dienone is 1. The summed E-state index contributed by atoms with van der Waals surface area (Å²) in [5, 5.41) is 1.24. The molecule has 0 saturated carbocycles. The Labute approximate surface area is 172 Å². The largest absolute Gasteiger partial charge is 0.437 e. The fraction of sp³-hybridized carbons (Fsp3) is 0. The number of benzene rings is 1. The summed E-state index contributed by atoms with van der Waals surface area (Å²) in [6, 6.07) is 8.34. The van der Waals surface area contributed by atoms with Crippen LogP contribution >= 0.6 is 34.5 Å². The highest BCUT2D eigenvalue weighted by molar-refractivity contribution is 7.21. The molecule has 1 aliphatic carbocycles. The van der Waals surface area contributed by atoms with Gasteiger partial charge in [-0.2, -0.15) is 0 Å². The number of rotatable bonds is 2. The molecule has 136 valence electrons. The summed E-state index contributed by atoms with van der Waals surface area (Å²) in [4.78, 5) is 33.8. The summed E-state index contributed by atoms with van der Waals surface area (Å²) in [6.07, 6.45) is 4.86. The van der Waals surface area contributed by atoms with Crippen molar-refractivity contribution in [2.24, 2.45) is 0 Å². The average molecular weight is 427 g/mol. The second kappa shape index (κ2) is 6.38. The fourth-order valence-corrected chi connectivity index (χ4v) is 4.28. The number of pyridine rings is 1. The first-order valence-electron chi connectivity index (χ1n) is 8.12. The molecule has 4 aromatic rings. The number of halogens is 2. The van der Waals surface area contributed by atoms with Gasteiger partial charge in [0, 0.05) is 35.2 Å². The van der Waals surface area contributed by atoms with Gasteiger partial charge < -0.3 is 4.42 Å². The number of aromatic nitrogens is 2. The summed E-state index contributed by atoms with van der Waals surface area (Å²) in [7, 11) is 0. The van der Waals surface area contributed by atoms with Gasteiger partial charge in [-0.1, -0.05) is 23.2 Å². The lowest BCUT2D eigenvalue weighted by Gasteiger charge is -1.98. The minimum absolute atomic E-state index is 0.0159. The van der Waals surface area contributed by atoms with Crippen LogP contribution in [-0.2, 0) is 0 Å². The average Bonchev–Trinajstić information content (AvgIpc) is 3.31. The molecule has 1 aliphatic rings. The second-order valence-corrected chi connectivity index (χ2v) is 7.95. The molecule has 8 heteroatoms. The zero-order valence-electron chi connectivity index (χ0n) is 13.9. The lowest BCUT2D eigenvalue weighted by molar-refractivity contribution is 0.0990. The molecule has 0 bridgehead atoms. The SMILES string of the molecule is O=C1C(=Cc2cc3sc(-c4cccnc4)nc3o2)C(=O)c2cc(Cl)c(Cl)cc21. The van der Waals surface area contributed by atoms with Crippen LogP contribution in [-0.4, -0.2) is 21.5 Å². The topological polar surface area (TPSA) is 73.1 Å². The zero-order chi connectivity index (χ0) is 19.4. The molecule has 0 saturated heterocycles. The van der Waals surface area contributed by atoms with Crippen molar-refractivity contribution in [1.82, 2.24) is 9.97 Å². The number of ketones is 2. The molecule has 0 amide bonds. The lowest BCUT2D eigenvalue weighted by atomic mass is 10.1. The van der Waals surface area contributed by atoms with E-state index in [-0.39, 0.29) is 26.7 Å². The molecule has 3 aromatic heterocycles. The van der Waals surface area contributed by atoms with Gasteiger partial charge in [0.25, 0.3) is 0 Å². The van der Waals surface area contributed by atoms with Gasteiger partial charge in [-0.05, 0) is 30.3 Å². The monoisotopic (exact) mass is 426 g/mol. The number of carbonyl (C=O) groups excluding carboxylic acids is 2. The van der Waals surface area contributed by atoms with Gasteiger partial charge in [0.1, 0.15) is 10.8 Å². The van der Waals surface area contributed by atoms with E-state index in [2.05, 4.69) is 9.97 Å². The summed E-state index contributed by atoms with van der Waals surface area (Å²) in [5.41, 5.74) is 1.84. The van der Waals surface area contributed by atoms with E-state index >= 15 is 0 Å². The number of hydrogen-bond acceptors (Lipinski definition) is 6. The molecule has 3 heterocycles. The van der Waals surface area contributed by atoms with Crippen LogP contribution in [0.4, 0.5) is 0 Å². The first kappa shape index (κ1) is 17.3. The van der Waals surface area contributed by atoms with E-state index in [9.17, 15) is 9.59 Å². The van der Waals surface area contributed by atoms with Crippen molar-refractivity contribution in [2.75, 3.05) is 0 Å². The molecule has 0 unspecified atom stereocenters. The minimum Gasteiger partial charge on any atom is -0.437 e. The number of furan rings is 1. The second-order valence-electron chi connectivity index (χ2n) is 6.11. The molecule has 0 atom stereocenters. The summed E-state index contributed by atoms with van der Waals surface area (Å²) in [5.74, 6) is -0.419. The highest BCUT2D eigenvalue weighted by atomic mass is 35.5. The Morgan fingerprint density at radius 2 is 1.75 bits per heavy atom. The highest BCUT2D eigenvalue weighted by Gasteiger charge is 2.34. The number of nitrogens with zero attached hydrogens (tertiary/aromatic N) is 2. The Balaban J connectivity index is 1.53. The van der Waals surface area contributed by atoms with Crippen LogP contribution in [0.3, 0.4) is 0 Å². The van der Waals surface area contributed by atoms with E-state index in [0.29, 0.717) is 11.5 Å². The first-order valence-corrected chi connectivity index (χ1v) is 9.69. The predicted molar refractivity (Wildman–Crippen MR) is 108 cm³/mol. The van der Waals surface area contributed by atoms with Crippen molar-refractivity contribution in [3.63, 3.8) is 0 Å². The van der Waals surface area contributed by atoms with Crippen LogP contribution in [0.1, 0.15) is 26.5 Å². The minimum atomic E-state index is -0.401.